The summed E-state index contributed by atoms with van der Waals surface area (Å²) in [5.74, 6) is -0.843. The van der Waals surface area contributed by atoms with Gasteiger partial charge in [0, 0.05) is 18.3 Å². The molecular weight excluding hydrogens is 296 g/mol. The third-order valence-electron chi connectivity index (χ3n) is 3.12. The summed E-state index contributed by atoms with van der Waals surface area (Å²) in [7, 11) is -2.50. The highest BCUT2D eigenvalue weighted by atomic mass is 32.2. The molecule has 1 aliphatic rings. The molecule has 0 aliphatic carbocycles. The Labute approximate surface area is 124 Å². The van der Waals surface area contributed by atoms with E-state index in [9.17, 15) is 8.42 Å². The van der Waals surface area contributed by atoms with Crippen LogP contribution in [0.3, 0.4) is 0 Å². The van der Waals surface area contributed by atoms with Gasteiger partial charge >= 0.3 is 10.3 Å². The molecule has 1 fully saturated rings. The lowest BCUT2D eigenvalue weighted by molar-refractivity contribution is -0.148. The molecule has 1 saturated heterocycles. The molecule has 2 atom stereocenters. The fourth-order valence-corrected chi connectivity index (χ4v) is 2.64. The van der Waals surface area contributed by atoms with Crippen molar-refractivity contribution in [1.82, 2.24) is 4.72 Å². The minimum Gasteiger partial charge on any atom is -0.398 e. The van der Waals surface area contributed by atoms with E-state index in [0.717, 1.165) is 5.56 Å². The van der Waals surface area contributed by atoms with Gasteiger partial charge in [-0.15, -0.1) is 0 Å². The molecule has 0 saturated carbocycles. The molecule has 2 rings (SSSR count). The fourth-order valence-electron chi connectivity index (χ4n) is 2.21. The number of anilines is 1. The zero-order valence-corrected chi connectivity index (χ0v) is 13.0. The van der Waals surface area contributed by atoms with Crippen molar-refractivity contribution < 1.29 is 22.1 Å². The number of hydrogen-bond acceptors (Lipinski definition) is 6. The average Bonchev–Trinajstić information content (AvgIpc) is 2.72. The number of rotatable bonds is 5. The van der Waals surface area contributed by atoms with Crippen LogP contribution in [-0.4, -0.2) is 34.0 Å². The van der Waals surface area contributed by atoms with Crippen LogP contribution in [0.4, 0.5) is 5.69 Å². The lowest BCUT2D eigenvalue weighted by Crippen LogP contribution is -2.29. The third kappa shape index (κ3) is 3.92. The molecule has 1 aromatic carbocycles. The van der Waals surface area contributed by atoms with E-state index in [1.54, 1.807) is 19.9 Å². The maximum Gasteiger partial charge on any atom is 0.335 e. The molecule has 0 bridgehead atoms. The van der Waals surface area contributed by atoms with Gasteiger partial charge < -0.3 is 15.2 Å². The third-order valence-corrected chi connectivity index (χ3v) is 4.07. The van der Waals surface area contributed by atoms with E-state index in [-0.39, 0.29) is 6.61 Å². The van der Waals surface area contributed by atoms with Crippen LogP contribution in [0.15, 0.2) is 24.3 Å². The van der Waals surface area contributed by atoms with Crippen LogP contribution < -0.4 is 10.5 Å². The number of benzene rings is 1. The minimum atomic E-state index is -3.78. The van der Waals surface area contributed by atoms with Gasteiger partial charge in [-0.1, -0.05) is 18.2 Å². The molecule has 8 heteroatoms. The number of nitrogens with one attached hydrogen (secondary N) is 1. The standard InChI is InChI=1S/C13H20N2O5S/c1-13(2)19-11(8-18-21(16,17)15-3)12(20-13)9-6-4-5-7-10(9)14/h4-7,11-12,15H,8,14H2,1-3H3/t11-,12-/m0/s1. The Kier molecular flexibility index (Phi) is 4.54. The minimum absolute atomic E-state index is 0.161. The lowest BCUT2D eigenvalue weighted by atomic mass is 10.0. The first-order valence-corrected chi connectivity index (χ1v) is 7.93. The highest BCUT2D eigenvalue weighted by Crippen LogP contribution is 2.40. The molecule has 0 radical (unpaired) electrons. The largest absolute Gasteiger partial charge is 0.398 e. The van der Waals surface area contributed by atoms with Gasteiger partial charge in [-0.2, -0.15) is 13.1 Å². The monoisotopic (exact) mass is 316 g/mol. The zero-order chi connectivity index (χ0) is 15.7. The molecule has 0 spiro atoms. The smallest absolute Gasteiger partial charge is 0.335 e. The number of nitrogens with two attached hydrogens (primary N) is 1. The number of hydrogen-bond donors (Lipinski definition) is 2. The average molecular weight is 316 g/mol. The predicted octanol–water partition coefficient (Wildman–Crippen LogP) is 0.942. The quantitative estimate of drug-likeness (QED) is 0.784. The van der Waals surface area contributed by atoms with Crippen LogP contribution in [0.1, 0.15) is 25.5 Å². The summed E-state index contributed by atoms with van der Waals surface area (Å²) in [5.41, 5.74) is 7.26. The summed E-state index contributed by atoms with van der Waals surface area (Å²) in [6.07, 6.45) is -1.07. The van der Waals surface area contributed by atoms with Crippen molar-refractivity contribution in [2.75, 3.05) is 19.4 Å². The number of para-hydroxylation sites is 1. The Morgan fingerprint density at radius 2 is 2.00 bits per heavy atom. The molecule has 0 aromatic heterocycles. The maximum absolute atomic E-state index is 11.4. The molecule has 0 amide bonds. The lowest BCUT2D eigenvalue weighted by Gasteiger charge is -2.18. The molecule has 21 heavy (non-hydrogen) atoms. The topological polar surface area (TPSA) is 99.9 Å². The summed E-state index contributed by atoms with van der Waals surface area (Å²) < 4.78 is 41.2. The van der Waals surface area contributed by atoms with Gasteiger partial charge in [0.25, 0.3) is 0 Å². The Morgan fingerprint density at radius 3 is 2.62 bits per heavy atom. The van der Waals surface area contributed by atoms with Gasteiger partial charge in [0.1, 0.15) is 12.2 Å². The Hall–Kier alpha value is -1.19. The van der Waals surface area contributed by atoms with E-state index in [0.29, 0.717) is 5.69 Å². The summed E-state index contributed by atoms with van der Waals surface area (Å²) in [5, 5.41) is 0. The SMILES string of the molecule is CNS(=O)(=O)OC[C@@H]1OC(C)(C)O[C@H]1c1ccccc1N. The van der Waals surface area contributed by atoms with Gasteiger partial charge in [0.15, 0.2) is 5.79 Å². The first kappa shape index (κ1) is 16.2. The Balaban J connectivity index is 2.20. The summed E-state index contributed by atoms with van der Waals surface area (Å²) in [4.78, 5) is 0. The molecule has 3 N–H and O–H groups in total. The molecule has 1 heterocycles. The molecule has 0 unspecified atom stereocenters. The van der Waals surface area contributed by atoms with E-state index in [4.69, 9.17) is 19.4 Å². The van der Waals surface area contributed by atoms with Crippen LogP contribution in [0.25, 0.3) is 0 Å². The summed E-state index contributed by atoms with van der Waals surface area (Å²) in [6, 6.07) is 7.23. The van der Waals surface area contributed by atoms with Crippen LogP contribution in [0, 0.1) is 0 Å². The van der Waals surface area contributed by atoms with E-state index in [2.05, 4.69) is 4.72 Å². The number of ether oxygens (including phenoxy) is 2. The van der Waals surface area contributed by atoms with Gasteiger partial charge in [-0.3, -0.25) is 4.18 Å². The molecule has 118 valence electrons. The summed E-state index contributed by atoms with van der Waals surface area (Å²) >= 11 is 0. The van der Waals surface area contributed by atoms with Crippen molar-refractivity contribution in [2.45, 2.75) is 31.8 Å². The normalized spacial score (nSPS) is 25.1. The van der Waals surface area contributed by atoms with Gasteiger partial charge in [-0.05, 0) is 19.9 Å². The van der Waals surface area contributed by atoms with E-state index < -0.39 is 28.3 Å². The van der Waals surface area contributed by atoms with Crippen molar-refractivity contribution >= 4 is 16.0 Å². The van der Waals surface area contributed by atoms with Crippen molar-refractivity contribution in [3.8, 4) is 0 Å². The second-order valence-electron chi connectivity index (χ2n) is 5.17. The molecule has 1 aliphatic heterocycles. The van der Waals surface area contributed by atoms with Crippen LogP contribution in [0.2, 0.25) is 0 Å². The van der Waals surface area contributed by atoms with Crippen molar-refractivity contribution in [3.63, 3.8) is 0 Å². The second kappa shape index (κ2) is 5.90. The first-order chi connectivity index (χ1) is 9.74. The van der Waals surface area contributed by atoms with E-state index in [1.807, 2.05) is 18.2 Å². The maximum atomic E-state index is 11.4. The predicted molar refractivity (Wildman–Crippen MR) is 77.6 cm³/mol. The molecule has 1 aromatic rings. The van der Waals surface area contributed by atoms with Crippen molar-refractivity contribution in [1.29, 1.82) is 0 Å². The number of nitrogen functional groups attached to an aromatic ring is 1. The Morgan fingerprint density at radius 1 is 1.33 bits per heavy atom. The van der Waals surface area contributed by atoms with E-state index in [1.165, 1.54) is 7.05 Å². The highest BCUT2D eigenvalue weighted by Gasteiger charge is 2.43. The fraction of sp³-hybridized carbons (Fsp3) is 0.538. The zero-order valence-electron chi connectivity index (χ0n) is 12.2. The van der Waals surface area contributed by atoms with E-state index >= 15 is 0 Å². The molecular formula is C13H20N2O5S. The van der Waals surface area contributed by atoms with Gasteiger partial charge in [-0.25, -0.2) is 0 Å². The van der Waals surface area contributed by atoms with Crippen LogP contribution >= 0.6 is 0 Å². The summed E-state index contributed by atoms with van der Waals surface area (Å²) in [6.45, 7) is 3.35. The van der Waals surface area contributed by atoms with Gasteiger partial charge in [0.05, 0.1) is 6.61 Å². The van der Waals surface area contributed by atoms with Crippen LogP contribution in [0.5, 0.6) is 0 Å². The molecule has 7 nitrogen and oxygen atoms in total. The van der Waals surface area contributed by atoms with Gasteiger partial charge in [0.2, 0.25) is 0 Å². The highest BCUT2D eigenvalue weighted by molar-refractivity contribution is 7.84. The van der Waals surface area contributed by atoms with Crippen LogP contribution in [-0.2, 0) is 24.0 Å². The first-order valence-electron chi connectivity index (χ1n) is 6.52. The Bertz CT molecular complexity index is 602. The second-order valence-corrected chi connectivity index (χ2v) is 6.72. The van der Waals surface area contributed by atoms with Crippen molar-refractivity contribution in [2.24, 2.45) is 0 Å². The van der Waals surface area contributed by atoms with Crippen molar-refractivity contribution in [3.05, 3.63) is 29.8 Å².